The Bertz CT molecular complexity index is 1710. The Morgan fingerprint density at radius 1 is 0.368 bits per heavy atom. The fraction of sp³-hybridized carbons (Fsp3) is 0.417. The first kappa shape index (κ1) is 39.7. The first-order valence-corrected chi connectivity index (χ1v) is 20.4. The van der Waals surface area contributed by atoms with Crippen molar-refractivity contribution in [2.45, 2.75) is 97.7 Å². The minimum atomic E-state index is 0. The van der Waals surface area contributed by atoms with E-state index in [9.17, 15) is 0 Å². The van der Waals surface area contributed by atoms with Gasteiger partial charge in [0.05, 0.1) is 28.4 Å². The largest absolute Gasteiger partial charge is 2.00 e. The van der Waals surface area contributed by atoms with Crippen LogP contribution in [0.1, 0.15) is 71.6 Å². The van der Waals surface area contributed by atoms with Gasteiger partial charge in [-0.05, 0) is 94.5 Å². The number of ether oxygens (including phenoxy) is 4. The average molecular weight is 810 g/mol. The molecule has 0 aromatic heterocycles. The van der Waals surface area contributed by atoms with Crippen LogP contribution in [-0.4, -0.2) is 76.8 Å². The standard InChI is InChI=1S/C48H54N4O4.Co/c1-53-33-13-5-29(6-14-33)45-37-21-23-39(49-37)46(30-7-15-34(54-2)16-8-30)41-25-27-43(51-41)48(32-11-19-36(56-4)20-12-32)44-28-26-42(52-44)47(40-24-22-38(45)50-40)31-9-17-35(55-3)18-10-31;/h5-21,23,26,28,37-49,52H,22,24-25,27H2,1-4H3;/q-2;+2. The molecule has 5 aliphatic rings. The predicted molar refractivity (Wildman–Crippen MR) is 223 cm³/mol. The monoisotopic (exact) mass is 809 g/mol. The molecule has 2 N–H and O–H groups in total. The van der Waals surface area contributed by atoms with Gasteiger partial charge in [-0.2, -0.15) is 0 Å². The fourth-order valence-corrected chi connectivity index (χ4v) is 10.6. The molecule has 5 heterocycles. The molecule has 0 aliphatic carbocycles. The number of nitrogens with one attached hydrogen (secondary N) is 2. The molecule has 299 valence electrons. The Kier molecular flexibility index (Phi) is 12.1. The van der Waals surface area contributed by atoms with Gasteiger partial charge in [0.25, 0.3) is 0 Å². The summed E-state index contributed by atoms with van der Waals surface area (Å²) in [5.74, 6) is 4.15. The van der Waals surface area contributed by atoms with Gasteiger partial charge in [-0.15, -0.1) is 24.2 Å². The second-order valence-corrected chi connectivity index (χ2v) is 16.1. The van der Waals surface area contributed by atoms with Crippen LogP contribution in [0.3, 0.4) is 0 Å². The van der Waals surface area contributed by atoms with Crippen molar-refractivity contribution in [1.82, 2.24) is 10.6 Å². The van der Waals surface area contributed by atoms with Crippen LogP contribution in [-0.2, 0) is 16.8 Å². The third kappa shape index (κ3) is 7.90. The quantitative estimate of drug-likeness (QED) is 0.173. The maximum atomic E-state index is 5.83. The maximum Gasteiger partial charge on any atom is 2.00 e. The summed E-state index contributed by atoms with van der Waals surface area (Å²) in [6.07, 6.45) is 13.8. The Labute approximate surface area is 348 Å². The van der Waals surface area contributed by atoms with E-state index >= 15 is 0 Å². The fourth-order valence-electron chi connectivity index (χ4n) is 10.6. The Morgan fingerprint density at radius 2 is 0.579 bits per heavy atom. The van der Waals surface area contributed by atoms with Gasteiger partial charge in [0.15, 0.2) is 0 Å². The van der Waals surface area contributed by atoms with Crippen LogP contribution in [0.5, 0.6) is 23.0 Å². The van der Waals surface area contributed by atoms with Gasteiger partial charge in [0.1, 0.15) is 23.0 Å². The van der Waals surface area contributed by atoms with Crippen LogP contribution in [0.15, 0.2) is 121 Å². The van der Waals surface area contributed by atoms with Gasteiger partial charge in [0.2, 0.25) is 0 Å². The molecule has 3 saturated heterocycles. The summed E-state index contributed by atoms with van der Waals surface area (Å²) in [6.45, 7) is 0. The SMILES string of the molecule is COc1ccc(C2C3CCC([N-]3)C(c3ccc(OC)cc3)C3C=CC(N3)C(c3ccc(OC)cc3)C3CCC([N-]3)C(c3ccc(OC)cc3)C3C=CC2N3)cc1.[Co+2]. The van der Waals surface area contributed by atoms with E-state index in [4.69, 9.17) is 29.6 Å². The van der Waals surface area contributed by atoms with E-state index in [2.05, 4.69) is 132 Å². The van der Waals surface area contributed by atoms with Crippen molar-refractivity contribution in [2.75, 3.05) is 28.4 Å². The van der Waals surface area contributed by atoms with E-state index < -0.39 is 0 Å². The topological polar surface area (TPSA) is 89.2 Å². The third-order valence-corrected chi connectivity index (χ3v) is 13.3. The summed E-state index contributed by atoms with van der Waals surface area (Å²) < 4.78 is 22.4. The van der Waals surface area contributed by atoms with Gasteiger partial charge in [-0.3, -0.25) is 0 Å². The van der Waals surface area contributed by atoms with Crippen molar-refractivity contribution < 1.29 is 35.7 Å². The minimum absolute atomic E-state index is 0. The zero-order valence-electron chi connectivity index (χ0n) is 33.2. The van der Waals surface area contributed by atoms with Crippen LogP contribution < -0.4 is 29.6 Å². The first-order chi connectivity index (χ1) is 27.5. The van der Waals surface area contributed by atoms with Crippen molar-refractivity contribution in [2.24, 2.45) is 0 Å². The molecule has 8 nitrogen and oxygen atoms in total. The molecular formula is C48H54CoN4O4. The molecule has 9 heteroatoms. The Morgan fingerprint density at radius 3 is 0.772 bits per heavy atom. The summed E-state index contributed by atoms with van der Waals surface area (Å²) >= 11 is 0. The molecule has 4 aromatic rings. The number of hydrogen-bond acceptors (Lipinski definition) is 6. The van der Waals surface area contributed by atoms with E-state index in [0.29, 0.717) is 0 Å². The molecule has 5 aliphatic heterocycles. The van der Waals surface area contributed by atoms with E-state index in [1.807, 2.05) is 0 Å². The van der Waals surface area contributed by atoms with Crippen molar-refractivity contribution >= 4 is 0 Å². The molecule has 3 fully saturated rings. The van der Waals surface area contributed by atoms with Gasteiger partial charge < -0.3 is 40.2 Å². The molecule has 4 aromatic carbocycles. The van der Waals surface area contributed by atoms with Crippen molar-refractivity contribution in [1.29, 1.82) is 0 Å². The van der Waals surface area contributed by atoms with Crippen molar-refractivity contribution in [3.63, 3.8) is 0 Å². The van der Waals surface area contributed by atoms with Crippen LogP contribution in [0, 0.1) is 0 Å². The number of benzene rings is 4. The minimum Gasteiger partial charge on any atom is -0.656 e. The summed E-state index contributed by atoms with van der Waals surface area (Å²) in [6, 6.07) is 35.8. The second kappa shape index (κ2) is 17.4. The van der Waals surface area contributed by atoms with Crippen LogP contribution >= 0.6 is 0 Å². The second-order valence-electron chi connectivity index (χ2n) is 16.1. The van der Waals surface area contributed by atoms with Crippen molar-refractivity contribution in [3.8, 4) is 23.0 Å². The van der Waals surface area contributed by atoms with Crippen LogP contribution in [0.2, 0.25) is 0 Å². The molecule has 8 bridgehead atoms. The number of hydrogen-bond donors (Lipinski definition) is 2. The van der Waals surface area contributed by atoms with E-state index in [-0.39, 0.29) is 88.8 Å². The summed E-state index contributed by atoms with van der Waals surface area (Å²) in [5.41, 5.74) is 5.16. The molecular weight excluding hydrogens is 755 g/mol. The molecule has 0 spiro atoms. The van der Waals surface area contributed by atoms with Crippen LogP contribution in [0.25, 0.3) is 10.6 Å². The van der Waals surface area contributed by atoms with E-state index in [0.717, 1.165) is 48.7 Å². The summed E-state index contributed by atoms with van der Waals surface area (Å²) in [7, 11) is 6.93. The predicted octanol–water partition coefficient (Wildman–Crippen LogP) is 8.77. The first-order valence-electron chi connectivity index (χ1n) is 20.4. The van der Waals surface area contributed by atoms with Gasteiger partial charge in [-0.1, -0.05) is 98.5 Å². The average Bonchev–Trinajstić information content (AvgIpc) is 4.10. The number of nitrogens with zero attached hydrogens (tertiary/aromatic N) is 2. The molecule has 0 saturated carbocycles. The van der Waals surface area contributed by atoms with E-state index in [1.54, 1.807) is 28.4 Å². The Balaban J connectivity index is 0.00000455. The molecule has 0 amide bonds. The van der Waals surface area contributed by atoms with Gasteiger partial charge >= 0.3 is 16.8 Å². The smallest absolute Gasteiger partial charge is 0.656 e. The molecule has 12 unspecified atom stereocenters. The molecule has 9 rings (SSSR count). The Hall–Kier alpha value is -4.09. The molecule has 12 atom stereocenters. The van der Waals surface area contributed by atoms with Crippen molar-refractivity contribution in [3.05, 3.63) is 154 Å². The maximum absolute atomic E-state index is 5.83. The molecule has 57 heavy (non-hydrogen) atoms. The van der Waals surface area contributed by atoms with Gasteiger partial charge in [-0.25, -0.2) is 0 Å². The third-order valence-electron chi connectivity index (χ3n) is 13.3. The normalized spacial score (nSPS) is 32.8. The summed E-state index contributed by atoms with van der Waals surface area (Å²) in [5, 5.41) is 20.0. The zero-order chi connectivity index (χ0) is 38.2. The van der Waals surface area contributed by atoms with Crippen LogP contribution in [0.4, 0.5) is 0 Å². The summed E-state index contributed by atoms with van der Waals surface area (Å²) in [4.78, 5) is 0. The molecule has 1 radical (unpaired) electrons. The zero-order valence-corrected chi connectivity index (χ0v) is 34.2. The number of fused-ring (bicyclic) bond motifs is 8. The van der Waals surface area contributed by atoms with E-state index in [1.165, 1.54) is 22.3 Å². The number of methoxy groups -OCH3 is 4. The van der Waals surface area contributed by atoms with Gasteiger partial charge in [0, 0.05) is 24.2 Å². The number of rotatable bonds is 8.